The van der Waals surface area contributed by atoms with Crippen molar-refractivity contribution in [2.75, 3.05) is 32.7 Å². The molecular weight excluding hydrogens is 585 g/mol. The van der Waals surface area contributed by atoms with E-state index < -0.39 is 23.7 Å². The molecule has 0 saturated carbocycles. The number of aromatic nitrogens is 1. The third-order valence-electron chi connectivity index (χ3n) is 7.92. The topological polar surface area (TPSA) is 83.0 Å². The Hall–Kier alpha value is -3.86. The van der Waals surface area contributed by atoms with Crippen molar-refractivity contribution in [3.8, 4) is 0 Å². The number of piperidine rings is 1. The number of nitrogens with zero attached hydrogens (tertiary/aromatic N) is 4. The second-order valence-electron chi connectivity index (χ2n) is 10.6. The smallest absolute Gasteiger partial charge is 0.415 e. The van der Waals surface area contributed by atoms with Crippen LogP contribution < -0.4 is 0 Å². The number of benzene rings is 1. The van der Waals surface area contributed by atoms with E-state index in [1.807, 2.05) is 19.1 Å². The normalized spacial score (nSPS) is 19.7. The molecule has 0 radical (unpaired) electrons. The number of alkyl halides is 3. The molecule has 230 valence electrons. The van der Waals surface area contributed by atoms with Crippen LogP contribution in [0.5, 0.6) is 0 Å². The molecule has 2 aliphatic rings. The Labute approximate surface area is 253 Å². The molecule has 12 heteroatoms. The third kappa shape index (κ3) is 7.57. The van der Waals surface area contributed by atoms with Gasteiger partial charge in [0.1, 0.15) is 11.5 Å². The molecule has 0 unspecified atom stereocenters. The van der Waals surface area contributed by atoms with Gasteiger partial charge in [0, 0.05) is 55.8 Å². The van der Waals surface area contributed by atoms with Gasteiger partial charge in [0.15, 0.2) is 0 Å². The molecule has 4 rings (SSSR count). The fourth-order valence-corrected chi connectivity index (χ4v) is 5.78. The first-order valence-electron chi connectivity index (χ1n) is 14.1. The van der Waals surface area contributed by atoms with Gasteiger partial charge in [-0.3, -0.25) is 14.6 Å². The highest BCUT2D eigenvalue weighted by molar-refractivity contribution is 6.30. The molecule has 2 saturated heterocycles. The van der Waals surface area contributed by atoms with Crippen molar-refractivity contribution >= 4 is 29.5 Å². The average molecular weight is 619 g/mol. The van der Waals surface area contributed by atoms with E-state index in [1.54, 1.807) is 34.9 Å². The van der Waals surface area contributed by atoms with Crippen LogP contribution in [0.1, 0.15) is 54.2 Å². The Morgan fingerprint density at radius 2 is 1.77 bits per heavy atom. The van der Waals surface area contributed by atoms with E-state index in [2.05, 4.69) is 11.6 Å². The lowest BCUT2D eigenvalue weighted by Gasteiger charge is -2.33. The molecule has 2 aliphatic heterocycles. The van der Waals surface area contributed by atoms with Crippen molar-refractivity contribution in [1.29, 1.82) is 0 Å². The van der Waals surface area contributed by atoms with Gasteiger partial charge in [-0.05, 0) is 62.6 Å². The van der Waals surface area contributed by atoms with Crippen LogP contribution >= 0.6 is 11.6 Å². The van der Waals surface area contributed by atoms with Crippen molar-refractivity contribution in [2.45, 2.75) is 44.8 Å². The minimum atomic E-state index is -4.54. The van der Waals surface area contributed by atoms with E-state index in [1.165, 1.54) is 11.0 Å². The molecule has 3 amide bonds. The molecule has 43 heavy (non-hydrogen) atoms. The second-order valence-corrected chi connectivity index (χ2v) is 11.1. The minimum Gasteiger partial charge on any atom is -0.415 e. The van der Waals surface area contributed by atoms with Gasteiger partial charge >= 0.3 is 12.3 Å². The number of hydrogen-bond donors (Lipinski definition) is 0. The molecule has 1 aromatic heterocycles. The van der Waals surface area contributed by atoms with Crippen LogP contribution in [-0.2, 0) is 15.7 Å². The Bertz CT molecular complexity index is 1360. The fraction of sp³-hybridized carbons (Fsp3) is 0.419. The Balaban J connectivity index is 1.45. The number of amides is 3. The predicted octanol–water partition coefficient (Wildman–Crippen LogP) is 6.15. The van der Waals surface area contributed by atoms with Gasteiger partial charge in [0.05, 0.1) is 11.6 Å². The van der Waals surface area contributed by atoms with Crippen LogP contribution in [0.15, 0.2) is 67.1 Å². The minimum absolute atomic E-state index is 0.0617. The highest BCUT2D eigenvalue weighted by Crippen LogP contribution is 2.35. The lowest BCUT2D eigenvalue weighted by atomic mass is 9.93. The molecule has 2 aromatic rings. The summed E-state index contributed by atoms with van der Waals surface area (Å²) in [6.45, 7) is 8.78. The van der Waals surface area contributed by atoms with E-state index in [4.69, 9.17) is 16.3 Å². The number of hydrogen-bond acceptors (Lipinski definition) is 5. The molecule has 1 aromatic carbocycles. The predicted molar refractivity (Wildman–Crippen MR) is 155 cm³/mol. The van der Waals surface area contributed by atoms with E-state index in [0.717, 1.165) is 17.7 Å². The number of carbonyl (C=O) groups excluding carboxylic acids is 3. The molecule has 0 spiro atoms. The zero-order valence-electron chi connectivity index (χ0n) is 24.0. The monoisotopic (exact) mass is 618 g/mol. The summed E-state index contributed by atoms with van der Waals surface area (Å²) in [4.78, 5) is 48.4. The van der Waals surface area contributed by atoms with E-state index in [9.17, 15) is 27.6 Å². The van der Waals surface area contributed by atoms with Gasteiger partial charge < -0.3 is 19.4 Å². The van der Waals surface area contributed by atoms with Gasteiger partial charge in [-0.1, -0.05) is 36.4 Å². The molecule has 0 bridgehead atoms. The van der Waals surface area contributed by atoms with Crippen molar-refractivity contribution in [2.24, 2.45) is 5.92 Å². The second kappa shape index (κ2) is 13.6. The first kappa shape index (κ1) is 32.1. The Kier molecular flexibility index (Phi) is 10.2. The van der Waals surface area contributed by atoms with E-state index in [0.29, 0.717) is 49.5 Å². The molecule has 2 fully saturated rings. The molecule has 2 atom stereocenters. The van der Waals surface area contributed by atoms with E-state index >= 15 is 0 Å². The lowest BCUT2D eigenvalue weighted by molar-refractivity contribution is -0.138. The number of allylic oxidation sites excluding steroid dienone is 3. The first-order valence-corrected chi connectivity index (χ1v) is 14.4. The van der Waals surface area contributed by atoms with Gasteiger partial charge in [-0.25, -0.2) is 4.79 Å². The summed E-state index contributed by atoms with van der Waals surface area (Å²) in [5.41, 5.74) is -0.0538. The molecular formula is C31H34ClF3N4O4. The van der Waals surface area contributed by atoms with Gasteiger partial charge in [0.25, 0.3) is 5.91 Å². The molecule has 8 nitrogen and oxygen atoms in total. The standard InChI is InChI=1S/C31H34ClF3N4O4/c1-4-6-20(3)43-30(42)39(5-2)27-19-38(18-25(27)21-7-10-24(32)11-8-21)28(40)22-13-15-37(16-14-22)29(41)26-12-9-23(17-36-26)31(33,34)35/h4,6-12,17,22,25,27H,1,5,13-16,18-19H2,2-3H3/b20-6+/t25-,27+/m0/s1. The molecule has 0 aliphatic carbocycles. The summed E-state index contributed by atoms with van der Waals surface area (Å²) in [6.07, 6.45) is -0.463. The van der Waals surface area contributed by atoms with Gasteiger partial charge in [-0.15, -0.1) is 0 Å². The zero-order valence-corrected chi connectivity index (χ0v) is 24.8. The van der Waals surface area contributed by atoms with Gasteiger partial charge in [0.2, 0.25) is 5.91 Å². The number of halogens is 4. The highest BCUT2D eigenvalue weighted by atomic mass is 35.5. The number of carbonyl (C=O) groups is 3. The fourth-order valence-electron chi connectivity index (χ4n) is 5.65. The van der Waals surface area contributed by atoms with Gasteiger partial charge in [-0.2, -0.15) is 13.2 Å². The maximum absolute atomic E-state index is 13.7. The summed E-state index contributed by atoms with van der Waals surface area (Å²) >= 11 is 6.12. The number of likely N-dealkylation sites (tertiary alicyclic amines) is 2. The number of ether oxygens (including phenoxy) is 1. The van der Waals surface area contributed by atoms with E-state index in [-0.39, 0.29) is 42.6 Å². The zero-order chi connectivity index (χ0) is 31.3. The van der Waals surface area contributed by atoms with Crippen LogP contribution in [0.25, 0.3) is 0 Å². The number of rotatable bonds is 7. The Morgan fingerprint density at radius 3 is 2.33 bits per heavy atom. The van der Waals surface area contributed by atoms with Crippen LogP contribution in [0, 0.1) is 5.92 Å². The van der Waals surface area contributed by atoms with Crippen LogP contribution in [0.4, 0.5) is 18.0 Å². The van der Waals surface area contributed by atoms with Crippen molar-refractivity contribution in [3.05, 3.63) is 88.9 Å². The Morgan fingerprint density at radius 1 is 1.09 bits per heavy atom. The average Bonchev–Trinajstić information content (AvgIpc) is 3.42. The summed E-state index contributed by atoms with van der Waals surface area (Å²) in [5.74, 6) is -0.644. The largest absolute Gasteiger partial charge is 0.417 e. The summed E-state index contributed by atoms with van der Waals surface area (Å²) in [7, 11) is 0. The highest BCUT2D eigenvalue weighted by Gasteiger charge is 2.43. The van der Waals surface area contributed by atoms with Crippen molar-refractivity contribution in [1.82, 2.24) is 19.7 Å². The maximum atomic E-state index is 13.7. The third-order valence-corrected chi connectivity index (χ3v) is 8.17. The van der Waals surface area contributed by atoms with Crippen LogP contribution in [-0.4, -0.2) is 76.4 Å². The number of likely N-dealkylation sites (N-methyl/N-ethyl adjacent to an activating group) is 1. The summed E-state index contributed by atoms with van der Waals surface area (Å²) < 4.78 is 44.1. The quantitative estimate of drug-likeness (QED) is 0.275. The lowest BCUT2D eigenvalue weighted by Crippen LogP contribution is -2.46. The van der Waals surface area contributed by atoms with Crippen LogP contribution in [0.3, 0.4) is 0 Å². The first-order chi connectivity index (χ1) is 20.4. The van der Waals surface area contributed by atoms with Crippen molar-refractivity contribution < 1.29 is 32.3 Å². The maximum Gasteiger partial charge on any atom is 0.417 e. The molecule has 0 N–H and O–H groups in total. The summed E-state index contributed by atoms with van der Waals surface area (Å²) in [5, 5.41) is 0.580. The molecule has 3 heterocycles. The summed E-state index contributed by atoms with van der Waals surface area (Å²) in [6, 6.07) is 8.92. The SMILES string of the molecule is C=C/C=C(\C)OC(=O)N(CC)[C@@H]1CN(C(=O)C2CCN(C(=O)c3ccc(C(F)(F)F)cn3)CC2)C[C@H]1c1ccc(Cl)cc1. The number of pyridine rings is 1. The van der Waals surface area contributed by atoms with Crippen molar-refractivity contribution in [3.63, 3.8) is 0 Å². The van der Waals surface area contributed by atoms with Crippen LogP contribution in [0.2, 0.25) is 5.02 Å².